The number of sulfone groups is 1. The molecule has 0 N–H and O–H groups in total. The molecule has 0 saturated heterocycles. The Morgan fingerprint density at radius 2 is 2.15 bits per heavy atom. The Morgan fingerprint density at radius 1 is 1.54 bits per heavy atom. The third kappa shape index (κ3) is 2.28. The van der Waals surface area contributed by atoms with Gasteiger partial charge in [-0.2, -0.15) is 0 Å². The molecular weight excluding hydrogens is 212 g/mol. The number of esters is 1. The molecule has 0 amide bonds. The SMILES string of the molecule is COC(=O)c1cc(S(C)(=O)=O)cs1. The molecule has 0 aromatic carbocycles. The first-order valence-electron chi connectivity index (χ1n) is 3.32. The zero-order chi connectivity index (χ0) is 10.1. The van der Waals surface area contributed by atoms with E-state index in [-0.39, 0.29) is 4.90 Å². The number of hydrogen-bond acceptors (Lipinski definition) is 5. The molecule has 0 unspecified atom stereocenters. The van der Waals surface area contributed by atoms with Crippen molar-refractivity contribution in [2.24, 2.45) is 0 Å². The lowest BCUT2D eigenvalue weighted by molar-refractivity contribution is 0.0606. The van der Waals surface area contributed by atoms with Gasteiger partial charge in [0.05, 0.1) is 12.0 Å². The Morgan fingerprint density at radius 3 is 2.54 bits per heavy atom. The van der Waals surface area contributed by atoms with Gasteiger partial charge >= 0.3 is 5.97 Å². The molecule has 13 heavy (non-hydrogen) atoms. The Kier molecular flexibility index (Phi) is 2.72. The summed E-state index contributed by atoms with van der Waals surface area (Å²) in [7, 11) is -1.97. The predicted octanol–water partition coefficient (Wildman–Crippen LogP) is 0.938. The van der Waals surface area contributed by atoms with Crippen LogP contribution >= 0.6 is 11.3 Å². The Labute approximate surface area is 80.1 Å². The van der Waals surface area contributed by atoms with Crippen molar-refractivity contribution in [1.29, 1.82) is 0 Å². The molecule has 4 nitrogen and oxygen atoms in total. The van der Waals surface area contributed by atoms with Gasteiger partial charge in [0, 0.05) is 11.6 Å². The number of methoxy groups -OCH3 is 1. The standard InChI is InChI=1S/C7H8O4S2/c1-11-7(8)6-3-5(4-12-6)13(2,9)10/h3-4H,1-2H3. The second-order valence-corrected chi connectivity index (χ2v) is 5.34. The van der Waals surface area contributed by atoms with Crippen LogP contribution in [0.25, 0.3) is 0 Å². The van der Waals surface area contributed by atoms with Gasteiger partial charge in [0.25, 0.3) is 0 Å². The molecule has 0 aliphatic heterocycles. The van der Waals surface area contributed by atoms with E-state index in [9.17, 15) is 13.2 Å². The third-order valence-corrected chi connectivity index (χ3v) is 3.54. The fourth-order valence-corrected chi connectivity index (χ4v) is 2.66. The maximum absolute atomic E-state index is 11.0. The number of carbonyl (C=O) groups is 1. The first-order valence-corrected chi connectivity index (χ1v) is 6.09. The highest BCUT2D eigenvalue weighted by Gasteiger charge is 2.14. The molecule has 72 valence electrons. The first kappa shape index (κ1) is 10.2. The zero-order valence-corrected chi connectivity index (χ0v) is 8.74. The molecule has 1 heterocycles. The second kappa shape index (κ2) is 3.47. The summed E-state index contributed by atoms with van der Waals surface area (Å²) in [4.78, 5) is 11.4. The van der Waals surface area contributed by atoms with Crippen LogP contribution in [0.2, 0.25) is 0 Å². The molecule has 6 heteroatoms. The summed E-state index contributed by atoms with van der Waals surface area (Å²) in [6.07, 6.45) is 1.09. The number of hydrogen-bond donors (Lipinski definition) is 0. The van der Waals surface area contributed by atoms with Crippen LogP contribution in [0.5, 0.6) is 0 Å². The summed E-state index contributed by atoms with van der Waals surface area (Å²) in [6, 6.07) is 1.31. The number of carbonyl (C=O) groups excluding carboxylic acids is 1. The highest BCUT2D eigenvalue weighted by molar-refractivity contribution is 7.90. The summed E-state index contributed by atoms with van der Waals surface area (Å²) in [5.74, 6) is -0.514. The average molecular weight is 220 g/mol. The van der Waals surface area contributed by atoms with Crippen LogP contribution in [-0.4, -0.2) is 27.8 Å². The smallest absolute Gasteiger partial charge is 0.348 e. The highest BCUT2D eigenvalue weighted by Crippen LogP contribution is 2.19. The fraction of sp³-hybridized carbons (Fsp3) is 0.286. The van der Waals surface area contributed by atoms with Crippen molar-refractivity contribution in [3.63, 3.8) is 0 Å². The van der Waals surface area contributed by atoms with Crippen molar-refractivity contribution >= 4 is 27.1 Å². The second-order valence-electron chi connectivity index (χ2n) is 2.41. The lowest BCUT2D eigenvalue weighted by Crippen LogP contribution is -1.98. The fourth-order valence-electron chi connectivity index (χ4n) is 0.721. The molecular formula is C7H8O4S2. The van der Waals surface area contributed by atoms with Crippen LogP contribution in [0.1, 0.15) is 9.67 Å². The zero-order valence-electron chi connectivity index (χ0n) is 7.10. The van der Waals surface area contributed by atoms with Gasteiger partial charge in [0.15, 0.2) is 9.84 Å². The lowest BCUT2D eigenvalue weighted by atomic mass is 10.5. The van der Waals surface area contributed by atoms with E-state index >= 15 is 0 Å². The van der Waals surface area contributed by atoms with E-state index < -0.39 is 15.8 Å². The van der Waals surface area contributed by atoms with Crippen molar-refractivity contribution < 1.29 is 17.9 Å². The van der Waals surface area contributed by atoms with Crippen LogP contribution in [0.4, 0.5) is 0 Å². The van der Waals surface area contributed by atoms with E-state index in [0.717, 1.165) is 17.6 Å². The Hall–Kier alpha value is -0.880. The van der Waals surface area contributed by atoms with Gasteiger partial charge in [-0.3, -0.25) is 0 Å². The minimum Gasteiger partial charge on any atom is -0.465 e. The maximum Gasteiger partial charge on any atom is 0.348 e. The molecule has 0 bridgehead atoms. The quantitative estimate of drug-likeness (QED) is 0.696. The van der Waals surface area contributed by atoms with Crippen LogP contribution in [0.3, 0.4) is 0 Å². The summed E-state index contributed by atoms with van der Waals surface area (Å²) < 4.78 is 26.5. The monoisotopic (exact) mass is 220 g/mol. The number of rotatable bonds is 2. The van der Waals surface area contributed by atoms with E-state index in [0.29, 0.717) is 4.88 Å². The predicted molar refractivity (Wildman–Crippen MR) is 48.8 cm³/mol. The van der Waals surface area contributed by atoms with E-state index in [1.54, 1.807) is 0 Å². The highest BCUT2D eigenvalue weighted by atomic mass is 32.2. The number of thiophene rings is 1. The first-order chi connectivity index (χ1) is 5.95. The molecule has 0 aliphatic rings. The molecule has 0 spiro atoms. The van der Waals surface area contributed by atoms with Gasteiger partial charge in [-0.25, -0.2) is 13.2 Å². The number of ether oxygens (including phenoxy) is 1. The van der Waals surface area contributed by atoms with Gasteiger partial charge < -0.3 is 4.74 Å². The molecule has 1 aromatic rings. The van der Waals surface area contributed by atoms with Gasteiger partial charge in [0.1, 0.15) is 4.88 Å². The molecule has 0 atom stereocenters. The van der Waals surface area contributed by atoms with E-state index in [1.165, 1.54) is 18.6 Å². The topological polar surface area (TPSA) is 60.4 Å². The normalized spacial score (nSPS) is 11.2. The Bertz CT molecular complexity index is 415. The van der Waals surface area contributed by atoms with Crippen LogP contribution in [-0.2, 0) is 14.6 Å². The van der Waals surface area contributed by atoms with Crippen LogP contribution < -0.4 is 0 Å². The molecule has 0 radical (unpaired) electrons. The van der Waals surface area contributed by atoms with Crippen molar-refractivity contribution in [3.05, 3.63) is 16.3 Å². The van der Waals surface area contributed by atoms with Crippen molar-refractivity contribution in [3.8, 4) is 0 Å². The minimum absolute atomic E-state index is 0.151. The molecule has 0 saturated carbocycles. The van der Waals surface area contributed by atoms with E-state index in [1.807, 2.05) is 0 Å². The van der Waals surface area contributed by atoms with E-state index in [4.69, 9.17) is 0 Å². The Balaban J connectivity index is 3.07. The van der Waals surface area contributed by atoms with Gasteiger partial charge in [0.2, 0.25) is 0 Å². The minimum atomic E-state index is -3.22. The summed E-state index contributed by atoms with van der Waals surface area (Å²) in [5.41, 5.74) is 0. The van der Waals surface area contributed by atoms with Crippen LogP contribution in [0.15, 0.2) is 16.3 Å². The average Bonchev–Trinajstić information content (AvgIpc) is 2.50. The van der Waals surface area contributed by atoms with Crippen molar-refractivity contribution in [1.82, 2.24) is 0 Å². The largest absolute Gasteiger partial charge is 0.465 e. The molecule has 0 fully saturated rings. The summed E-state index contributed by atoms with van der Waals surface area (Å²) >= 11 is 1.06. The lowest BCUT2D eigenvalue weighted by Gasteiger charge is -1.91. The molecule has 1 aromatic heterocycles. The van der Waals surface area contributed by atoms with Gasteiger partial charge in [-0.1, -0.05) is 0 Å². The van der Waals surface area contributed by atoms with Crippen molar-refractivity contribution in [2.75, 3.05) is 13.4 Å². The summed E-state index contributed by atoms with van der Waals surface area (Å²) in [6.45, 7) is 0. The van der Waals surface area contributed by atoms with Gasteiger partial charge in [-0.05, 0) is 6.07 Å². The van der Waals surface area contributed by atoms with Gasteiger partial charge in [-0.15, -0.1) is 11.3 Å². The summed E-state index contributed by atoms with van der Waals surface area (Å²) in [5, 5.41) is 1.42. The maximum atomic E-state index is 11.0. The van der Waals surface area contributed by atoms with Crippen molar-refractivity contribution in [2.45, 2.75) is 4.90 Å². The molecule has 1 rings (SSSR count). The molecule has 0 aliphatic carbocycles. The van der Waals surface area contributed by atoms with E-state index in [2.05, 4.69) is 4.74 Å². The third-order valence-electron chi connectivity index (χ3n) is 1.39. The van der Waals surface area contributed by atoms with Crippen LogP contribution in [0, 0.1) is 0 Å².